The molecule has 96 valence electrons. The first-order chi connectivity index (χ1) is 7.42. The highest BCUT2D eigenvalue weighted by molar-refractivity contribution is 4.83. The number of hydrogen-bond donors (Lipinski definition) is 1. The number of hydrogen-bond acceptors (Lipinski definition) is 2. The smallest absolute Gasteiger partial charge is 0.0551 e. The first-order valence-corrected chi connectivity index (χ1v) is 6.77. The van der Waals surface area contributed by atoms with E-state index in [0.717, 1.165) is 19.1 Å². The minimum Gasteiger partial charge on any atom is -0.378 e. The Labute approximate surface area is 101 Å². The van der Waals surface area contributed by atoms with Gasteiger partial charge in [-0.1, -0.05) is 27.7 Å². The van der Waals surface area contributed by atoms with Crippen LogP contribution in [0.15, 0.2) is 0 Å². The van der Waals surface area contributed by atoms with Gasteiger partial charge in [0.15, 0.2) is 0 Å². The van der Waals surface area contributed by atoms with Gasteiger partial charge in [-0.25, -0.2) is 0 Å². The average Bonchev–Trinajstić information content (AvgIpc) is 2.57. The van der Waals surface area contributed by atoms with E-state index < -0.39 is 0 Å². The number of rotatable bonds is 5. The lowest BCUT2D eigenvalue weighted by atomic mass is 9.84. The fourth-order valence-corrected chi connectivity index (χ4v) is 2.49. The van der Waals surface area contributed by atoms with Crippen molar-refractivity contribution in [1.82, 2.24) is 5.32 Å². The van der Waals surface area contributed by atoms with Crippen LogP contribution in [0.3, 0.4) is 0 Å². The quantitative estimate of drug-likeness (QED) is 0.778. The molecule has 0 amide bonds. The van der Waals surface area contributed by atoms with Gasteiger partial charge in [-0.2, -0.15) is 0 Å². The summed E-state index contributed by atoms with van der Waals surface area (Å²) in [6.07, 6.45) is 4.25. The van der Waals surface area contributed by atoms with Gasteiger partial charge in [0.25, 0.3) is 0 Å². The Morgan fingerprint density at radius 2 is 2.06 bits per heavy atom. The van der Waals surface area contributed by atoms with E-state index in [2.05, 4.69) is 39.9 Å². The van der Waals surface area contributed by atoms with Crippen molar-refractivity contribution in [3.63, 3.8) is 0 Å². The second-order valence-electron chi connectivity index (χ2n) is 6.40. The highest BCUT2D eigenvalue weighted by Crippen LogP contribution is 2.28. The molecule has 0 spiro atoms. The van der Waals surface area contributed by atoms with Crippen molar-refractivity contribution in [1.29, 1.82) is 0 Å². The summed E-state index contributed by atoms with van der Waals surface area (Å²) in [4.78, 5) is 0. The molecule has 0 bridgehead atoms. The second-order valence-corrected chi connectivity index (χ2v) is 6.40. The predicted octanol–water partition coefficient (Wildman–Crippen LogP) is 3.22. The molecular formula is C14H29NO. The molecule has 1 fully saturated rings. The average molecular weight is 227 g/mol. The molecule has 16 heavy (non-hydrogen) atoms. The Kier molecular flexibility index (Phi) is 5.26. The molecule has 1 heterocycles. The summed E-state index contributed by atoms with van der Waals surface area (Å²) in [5, 5.41) is 3.64. The second kappa shape index (κ2) is 6.02. The zero-order chi connectivity index (χ0) is 12.2. The zero-order valence-electron chi connectivity index (χ0n) is 11.7. The van der Waals surface area contributed by atoms with Crippen molar-refractivity contribution in [3.8, 4) is 0 Å². The first-order valence-electron chi connectivity index (χ1n) is 6.77. The van der Waals surface area contributed by atoms with Crippen molar-refractivity contribution in [2.75, 3.05) is 13.2 Å². The first kappa shape index (κ1) is 14.0. The lowest BCUT2D eigenvalue weighted by molar-refractivity contribution is 0.115. The van der Waals surface area contributed by atoms with Crippen LogP contribution in [0.1, 0.15) is 53.9 Å². The summed E-state index contributed by atoms with van der Waals surface area (Å²) >= 11 is 0. The van der Waals surface area contributed by atoms with Gasteiger partial charge in [0.1, 0.15) is 0 Å². The molecule has 0 radical (unpaired) electrons. The normalized spacial score (nSPS) is 28.3. The van der Waals surface area contributed by atoms with E-state index in [4.69, 9.17) is 4.74 Å². The van der Waals surface area contributed by atoms with Crippen molar-refractivity contribution < 1.29 is 4.74 Å². The van der Waals surface area contributed by atoms with E-state index in [0.29, 0.717) is 17.6 Å². The van der Waals surface area contributed by atoms with Crippen LogP contribution in [-0.2, 0) is 4.74 Å². The molecule has 1 saturated heterocycles. The number of ether oxygens (including phenoxy) is 1. The SMILES string of the molecule is CCNC(CCC(C)(C)C)C1COC(C)C1. The van der Waals surface area contributed by atoms with E-state index in [-0.39, 0.29) is 0 Å². The van der Waals surface area contributed by atoms with Crippen LogP contribution in [0.25, 0.3) is 0 Å². The summed E-state index contributed by atoms with van der Waals surface area (Å²) < 4.78 is 5.68. The van der Waals surface area contributed by atoms with Crippen LogP contribution in [0.4, 0.5) is 0 Å². The van der Waals surface area contributed by atoms with Gasteiger partial charge >= 0.3 is 0 Å². The topological polar surface area (TPSA) is 21.3 Å². The Morgan fingerprint density at radius 1 is 1.38 bits per heavy atom. The molecule has 1 aliphatic heterocycles. The van der Waals surface area contributed by atoms with Crippen LogP contribution in [0.2, 0.25) is 0 Å². The molecule has 0 aromatic rings. The Balaban J connectivity index is 2.41. The molecular weight excluding hydrogens is 198 g/mol. The van der Waals surface area contributed by atoms with Crippen LogP contribution in [0, 0.1) is 11.3 Å². The van der Waals surface area contributed by atoms with E-state index in [1.807, 2.05) is 0 Å². The summed E-state index contributed by atoms with van der Waals surface area (Å²) in [5.41, 5.74) is 0.443. The van der Waals surface area contributed by atoms with Gasteiger partial charge in [-0.15, -0.1) is 0 Å². The van der Waals surface area contributed by atoms with Crippen LogP contribution in [0.5, 0.6) is 0 Å². The monoisotopic (exact) mass is 227 g/mol. The minimum atomic E-state index is 0.443. The van der Waals surface area contributed by atoms with E-state index >= 15 is 0 Å². The van der Waals surface area contributed by atoms with E-state index in [1.54, 1.807) is 0 Å². The molecule has 0 aromatic carbocycles. The van der Waals surface area contributed by atoms with Crippen LogP contribution in [-0.4, -0.2) is 25.3 Å². The van der Waals surface area contributed by atoms with Crippen molar-refractivity contribution in [2.45, 2.75) is 66.0 Å². The molecule has 3 unspecified atom stereocenters. The standard InChI is InChI=1S/C14H29NO/c1-6-15-13(7-8-14(3,4)5)12-9-11(2)16-10-12/h11-13,15H,6-10H2,1-5H3. The van der Waals surface area contributed by atoms with Gasteiger partial charge in [0, 0.05) is 12.0 Å². The van der Waals surface area contributed by atoms with Gasteiger partial charge in [-0.05, 0) is 38.1 Å². The van der Waals surface area contributed by atoms with Gasteiger partial charge < -0.3 is 10.1 Å². The summed E-state index contributed by atoms with van der Waals surface area (Å²) in [6.45, 7) is 13.4. The lowest BCUT2D eigenvalue weighted by Gasteiger charge is -2.27. The Hall–Kier alpha value is -0.0800. The van der Waals surface area contributed by atoms with Crippen molar-refractivity contribution in [2.24, 2.45) is 11.3 Å². The third-order valence-electron chi connectivity index (χ3n) is 3.47. The Bertz CT molecular complexity index is 197. The summed E-state index contributed by atoms with van der Waals surface area (Å²) in [5.74, 6) is 0.720. The maximum atomic E-state index is 5.68. The molecule has 2 heteroatoms. The van der Waals surface area contributed by atoms with E-state index in [1.165, 1.54) is 19.3 Å². The van der Waals surface area contributed by atoms with Crippen molar-refractivity contribution >= 4 is 0 Å². The molecule has 0 saturated carbocycles. The maximum absolute atomic E-state index is 5.68. The highest BCUT2D eigenvalue weighted by Gasteiger charge is 2.29. The summed E-state index contributed by atoms with van der Waals surface area (Å²) in [7, 11) is 0. The minimum absolute atomic E-state index is 0.443. The third-order valence-corrected chi connectivity index (χ3v) is 3.47. The number of nitrogens with one attached hydrogen (secondary N) is 1. The molecule has 2 nitrogen and oxygen atoms in total. The lowest BCUT2D eigenvalue weighted by Crippen LogP contribution is -2.37. The van der Waals surface area contributed by atoms with Gasteiger partial charge in [-0.3, -0.25) is 0 Å². The van der Waals surface area contributed by atoms with Crippen molar-refractivity contribution in [3.05, 3.63) is 0 Å². The largest absolute Gasteiger partial charge is 0.378 e. The molecule has 1 aliphatic rings. The predicted molar refractivity (Wildman–Crippen MR) is 69.7 cm³/mol. The molecule has 0 aromatic heterocycles. The fourth-order valence-electron chi connectivity index (χ4n) is 2.49. The zero-order valence-corrected chi connectivity index (χ0v) is 11.7. The summed E-state index contributed by atoms with van der Waals surface area (Å²) in [6, 6.07) is 0.647. The maximum Gasteiger partial charge on any atom is 0.0551 e. The third kappa shape index (κ3) is 4.84. The van der Waals surface area contributed by atoms with Crippen LogP contribution >= 0.6 is 0 Å². The van der Waals surface area contributed by atoms with Gasteiger partial charge in [0.2, 0.25) is 0 Å². The fraction of sp³-hybridized carbons (Fsp3) is 1.00. The Morgan fingerprint density at radius 3 is 2.50 bits per heavy atom. The van der Waals surface area contributed by atoms with Crippen LogP contribution < -0.4 is 5.32 Å². The molecule has 1 N–H and O–H groups in total. The molecule has 3 atom stereocenters. The van der Waals surface area contributed by atoms with E-state index in [9.17, 15) is 0 Å². The molecule has 1 rings (SSSR count). The van der Waals surface area contributed by atoms with Gasteiger partial charge in [0.05, 0.1) is 12.7 Å². The molecule has 0 aliphatic carbocycles. The highest BCUT2D eigenvalue weighted by atomic mass is 16.5.